The molecular weight excluding hydrogens is 212 g/mol. The van der Waals surface area contributed by atoms with Crippen LogP contribution in [0.25, 0.3) is 0 Å². The van der Waals surface area contributed by atoms with E-state index in [1.807, 2.05) is 20.1 Å². The van der Waals surface area contributed by atoms with Crippen molar-refractivity contribution in [3.63, 3.8) is 0 Å². The highest BCUT2D eigenvalue weighted by Gasteiger charge is 2.34. The van der Waals surface area contributed by atoms with Gasteiger partial charge in [0.15, 0.2) is 0 Å². The van der Waals surface area contributed by atoms with E-state index in [1.165, 1.54) is 0 Å². The Balaban J connectivity index is 2.55. The Morgan fingerprint density at radius 3 is 2.47 bits per heavy atom. The van der Waals surface area contributed by atoms with Gasteiger partial charge in [-0.15, -0.1) is 0 Å². The Bertz CT molecular complexity index is 256. The van der Waals surface area contributed by atoms with Crippen LogP contribution in [0.5, 0.6) is 0 Å². The summed E-state index contributed by atoms with van der Waals surface area (Å²) in [5.74, 6) is 0.901. The number of thioether (sulfide) groups is 1. The largest absolute Gasteiger partial charge is 0.342 e. The van der Waals surface area contributed by atoms with Crippen molar-refractivity contribution in [1.82, 2.24) is 10.6 Å². The van der Waals surface area contributed by atoms with E-state index in [2.05, 4.69) is 10.6 Å². The van der Waals surface area contributed by atoms with E-state index >= 15 is 0 Å². The van der Waals surface area contributed by atoms with Gasteiger partial charge in [-0.2, -0.15) is 11.8 Å². The first-order valence-electron chi connectivity index (χ1n) is 5.16. The third-order valence-corrected chi connectivity index (χ3v) is 3.13. The van der Waals surface area contributed by atoms with Crippen LogP contribution in [0.4, 0.5) is 0 Å². The van der Waals surface area contributed by atoms with Gasteiger partial charge >= 0.3 is 0 Å². The number of rotatable bonds is 4. The maximum Gasteiger partial charge on any atom is 0.243 e. The summed E-state index contributed by atoms with van der Waals surface area (Å²) in [5.41, 5.74) is 0. The number of carbonyl (C=O) groups excluding carboxylic acids is 2. The molecule has 1 heterocycles. The maximum atomic E-state index is 11.6. The number of nitrogens with one attached hydrogen (secondary N) is 2. The number of amides is 2. The van der Waals surface area contributed by atoms with Crippen LogP contribution in [0.1, 0.15) is 20.3 Å². The van der Waals surface area contributed by atoms with Gasteiger partial charge in [0.25, 0.3) is 0 Å². The quantitative estimate of drug-likeness (QED) is 0.734. The predicted octanol–water partition coefficient (Wildman–Crippen LogP) is 0.379. The minimum absolute atomic E-state index is 0.0534. The van der Waals surface area contributed by atoms with Crippen LogP contribution in [-0.4, -0.2) is 35.9 Å². The van der Waals surface area contributed by atoms with Gasteiger partial charge in [0.1, 0.15) is 12.1 Å². The van der Waals surface area contributed by atoms with E-state index in [0.717, 1.165) is 5.75 Å². The lowest BCUT2D eigenvalue weighted by atomic mass is 9.99. The molecule has 1 aliphatic heterocycles. The normalized spacial score (nSPS) is 26.4. The molecule has 86 valence electrons. The summed E-state index contributed by atoms with van der Waals surface area (Å²) < 4.78 is 0. The SMILES string of the molecule is CSCCC1NC(=O)C(C(C)C)NC1=O. The number of hydrogen-bond donors (Lipinski definition) is 2. The highest BCUT2D eigenvalue weighted by molar-refractivity contribution is 7.98. The summed E-state index contributed by atoms with van der Waals surface area (Å²) in [7, 11) is 0. The molecule has 0 aromatic heterocycles. The molecule has 0 aliphatic carbocycles. The van der Waals surface area contributed by atoms with Gasteiger partial charge < -0.3 is 10.6 Å². The zero-order valence-corrected chi connectivity index (χ0v) is 10.2. The van der Waals surface area contributed by atoms with Gasteiger partial charge in [0, 0.05) is 0 Å². The van der Waals surface area contributed by atoms with Crippen molar-refractivity contribution in [3.05, 3.63) is 0 Å². The van der Waals surface area contributed by atoms with Gasteiger partial charge in [-0.25, -0.2) is 0 Å². The Morgan fingerprint density at radius 2 is 1.93 bits per heavy atom. The highest BCUT2D eigenvalue weighted by Crippen LogP contribution is 2.10. The number of piperazine rings is 1. The molecule has 0 saturated carbocycles. The first kappa shape index (κ1) is 12.4. The zero-order valence-electron chi connectivity index (χ0n) is 9.37. The van der Waals surface area contributed by atoms with Crippen molar-refractivity contribution in [1.29, 1.82) is 0 Å². The van der Waals surface area contributed by atoms with Gasteiger partial charge in [0.05, 0.1) is 0 Å². The van der Waals surface area contributed by atoms with Crippen molar-refractivity contribution < 1.29 is 9.59 Å². The average molecular weight is 230 g/mol. The fraction of sp³-hybridized carbons (Fsp3) is 0.800. The molecule has 2 N–H and O–H groups in total. The summed E-state index contributed by atoms with van der Waals surface area (Å²) in [5, 5.41) is 5.53. The third kappa shape index (κ3) is 3.12. The predicted molar refractivity (Wildman–Crippen MR) is 61.7 cm³/mol. The lowest BCUT2D eigenvalue weighted by Gasteiger charge is -2.31. The van der Waals surface area contributed by atoms with Crippen molar-refractivity contribution in [2.75, 3.05) is 12.0 Å². The van der Waals surface area contributed by atoms with E-state index < -0.39 is 0 Å². The van der Waals surface area contributed by atoms with Crippen LogP contribution in [0.2, 0.25) is 0 Å². The van der Waals surface area contributed by atoms with Gasteiger partial charge in [0.2, 0.25) is 11.8 Å². The monoisotopic (exact) mass is 230 g/mol. The fourth-order valence-electron chi connectivity index (χ4n) is 1.55. The number of hydrogen-bond acceptors (Lipinski definition) is 3. The van der Waals surface area contributed by atoms with Crippen LogP contribution in [-0.2, 0) is 9.59 Å². The van der Waals surface area contributed by atoms with Crippen LogP contribution in [0.15, 0.2) is 0 Å². The molecular formula is C10H18N2O2S. The zero-order chi connectivity index (χ0) is 11.4. The molecule has 0 aromatic carbocycles. The van der Waals surface area contributed by atoms with Crippen molar-refractivity contribution in [3.8, 4) is 0 Å². The van der Waals surface area contributed by atoms with Crippen LogP contribution in [0, 0.1) is 5.92 Å². The molecule has 5 heteroatoms. The summed E-state index contributed by atoms with van der Waals surface area (Å²) in [6.45, 7) is 3.85. The lowest BCUT2D eigenvalue weighted by Crippen LogP contribution is -2.63. The van der Waals surface area contributed by atoms with E-state index in [0.29, 0.717) is 6.42 Å². The molecule has 0 bridgehead atoms. The van der Waals surface area contributed by atoms with Crippen LogP contribution in [0.3, 0.4) is 0 Å². The second-order valence-corrected chi connectivity index (χ2v) is 5.06. The summed E-state index contributed by atoms with van der Waals surface area (Å²) in [6.07, 6.45) is 2.68. The summed E-state index contributed by atoms with van der Waals surface area (Å²) in [6, 6.07) is -0.719. The van der Waals surface area contributed by atoms with Crippen LogP contribution < -0.4 is 10.6 Å². The molecule has 1 saturated heterocycles. The summed E-state index contributed by atoms with van der Waals surface area (Å²) in [4.78, 5) is 23.2. The van der Waals surface area contributed by atoms with E-state index in [4.69, 9.17) is 0 Å². The highest BCUT2D eigenvalue weighted by atomic mass is 32.2. The van der Waals surface area contributed by atoms with Gasteiger partial charge in [-0.05, 0) is 24.3 Å². The minimum Gasteiger partial charge on any atom is -0.342 e. The van der Waals surface area contributed by atoms with E-state index in [-0.39, 0.29) is 29.8 Å². The Morgan fingerprint density at radius 1 is 1.27 bits per heavy atom. The van der Waals surface area contributed by atoms with Crippen molar-refractivity contribution >= 4 is 23.6 Å². The standard InChI is InChI=1S/C10H18N2O2S/c1-6(2)8-10(14)11-7(4-5-15-3)9(13)12-8/h6-8H,4-5H2,1-3H3,(H,11,14)(H,12,13). The lowest BCUT2D eigenvalue weighted by molar-refractivity contribution is -0.137. The molecule has 1 rings (SSSR count). The first-order chi connectivity index (χ1) is 7.06. The molecule has 15 heavy (non-hydrogen) atoms. The van der Waals surface area contributed by atoms with Crippen molar-refractivity contribution in [2.45, 2.75) is 32.4 Å². The molecule has 0 aromatic rings. The third-order valence-electron chi connectivity index (χ3n) is 2.49. The molecule has 2 amide bonds. The fourth-order valence-corrected chi connectivity index (χ4v) is 2.03. The molecule has 1 aliphatic rings. The second-order valence-electron chi connectivity index (χ2n) is 4.07. The number of carbonyl (C=O) groups is 2. The second kappa shape index (κ2) is 5.39. The first-order valence-corrected chi connectivity index (χ1v) is 6.55. The maximum absolute atomic E-state index is 11.6. The van der Waals surface area contributed by atoms with Crippen molar-refractivity contribution in [2.24, 2.45) is 5.92 Å². The average Bonchev–Trinajstić information content (AvgIpc) is 2.18. The molecule has 1 fully saturated rings. The van der Waals surface area contributed by atoms with Crippen LogP contribution >= 0.6 is 11.8 Å². The topological polar surface area (TPSA) is 58.2 Å². The van der Waals surface area contributed by atoms with E-state index in [9.17, 15) is 9.59 Å². The molecule has 0 radical (unpaired) electrons. The molecule has 2 unspecified atom stereocenters. The van der Waals surface area contributed by atoms with E-state index in [1.54, 1.807) is 11.8 Å². The smallest absolute Gasteiger partial charge is 0.243 e. The molecule has 0 spiro atoms. The van der Waals surface area contributed by atoms with Gasteiger partial charge in [-0.3, -0.25) is 9.59 Å². The Labute approximate surface area is 94.6 Å². The Kier molecular flexibility index (Phi) is 4.45. The Hall–Kier alpha value is -0.710. The molecule has 4 nitrogen and oxygen atoms in total. The van der Waals surface area contributed by atoms with Gasteiger partial charge in [-0.1, -0.05) is 13.8 Å². The summed E-state index contributed by atoms with van der Waals surface area (Å²) >= 11 is 1.67. The molecule has 2 atom stereocenters. The minimum atomic E-state index is -0.372.